The second kappa shape index (κ2) is 7.13. The number of halogens is 1. The third-order valence-corrected chi connectivity index (χ3v) is 5.46. The lowest BCUT2D eigenvalue weighted by molar-refractivity contribution is 0.113. The zero-order valence-corrected chi connectivity index (χ0v) is 14.5. The van der Waals surface area contributed by atoms with E-state index in [1.807, 2.05) is 12.1 Å². The molecule has 1 aliphatic rings. The highest BCUT2D eigenvalue weighted by Gasteiger charge is 2.33. The summed E-state index contributed by atoms with van der Waals surface area (Å²) >= 11 is 6.11. The summed E-state index contributed by atoms with van der Waals surface area (Å²) in [6.45, 7) is 7.99. The predicted molar refractivity (Wildman–Crippen MR) is 91.5 cm³/mol. The van der Waals surface area contributed by atoms with Gasteiger partial charge in [0, 0.05) is 23.7 Å². The number of benzene rings is 1. The van der Waals surface area contributed by atoms with Gasteiger partial charge in [-0.25, -0.2) is 0 Å². The molecule has 1 aromatic rings. The normalized spacial score (nSPS) is 31.4. The third kappa shape index (κ3) is 4.21. The SMILES string of the molecule is CC1CC(C)C(CN(C)C(C)c2cccc(Cl)c2)C(N)C1. The second-order valence-electron chi connectivity index (χ2n) is 7.05. The van der Waals surface area contributed by atoms with E-state index in [9.17, 15) is 0 Å². The molecule has 0 saturated heterocycles. The van der Waals surface area contributed by atoms with Gasteiger partial charge in [-0.2, -0.15) is 0 Å². The first-order chi connectivity index (χ1) is 9.88. The first-order valence-electron chi connectivity index (χ1n) is 8.09. The summed E-state index contributed by atoms with van der Waals surface area (Å²) in [5.74, 6) is 2.06. The van der Waals surface area contributed by atoms with Gasteiger partial charge in [0.15, 0.2) is 0 Å². The molecule has 3 heteroatoms. The van der Waals surface area contributed by atoms with Crippen LogP contribution < -0.4 is 5.73 Å². The van der Waals surface area contributed by atoms with Gasteiger partial charge in [0.1, 0.15) is 0 Å². The van der Waals surface area contributed by atoms with Crippen LogP contribution in [0.25, 0.3) is 0 Å². The lowest BCUT2D eigenvalue weighted by Gasteiger charge is -2.41. The summed E-state index contributed by atoms with van der Waals surface area (Å²) < 4.78 is 0. The van der Waals surface area contributed by atoms with E-state index in [-0.39, 0.29) is 0 Å². The average Bonchev–Trinajstić information content (AvgIpc) is 2.41. The highest BCUT2D eigenvalue weighted by atomic mass is 35.5. The van der Waals surface area contributed by atoms with Gasteiger partial charge in [0.05, 0.1) is 0 Å². The number of nitrogens with two attached hydrogens (primary N) is 1. The Kier molecular flexibility index (Phi) is 5.70. The molecule has 1 aromatic carbocycles. The Morgan fingerprint density at radius 3 is 2.67 bits per heavy atom. The Morgan fingerprint density at radius 2 is 2.05 bits per heavy atom. The molecule has 0 bridgehead atoms. The molecule has 0 spiro atoms. The monoisotopic (exact) mass is 308 g/mol. The van der Waals surface area contributed by atoms with Gasteiger partial charge < -0.3 is 5.73 Å². The molecule has 0 amide bonds. The molecule has 5 atom stereocenters. The van der Waals surface area contributed by atoms with Crippen LogP contribution in [0.2, 0.25) is 5.02 Å². The Hall–Kier alpha value is -0.570. The fourth-order valence-electron chi connectivity index (χ4n) is 3.79. The largest absolute Gasteiger partial charge is 0.327 e. The van der Waals surface area contributed by atoms with E-state index in [2.05, 4.69) is 44.9 Å². The minimum absolute atomic E-state index is 0.331. The van der Waals surface area contributed by atoms with Crippen LogP contribution >= 0.6 is 11.6 Å². The number of hydrogen-bond donors (Lipinski definition) is 1. The van der Waals surface area contributed by atoms with E-state index in [4.69, 9.17) is 17.3 Å². The molecule has 0 aliphatic heterocycles. The minimum atomic E-state index is 0.331. The van der Waals surface area contributed by atoms with E-state index in [0.717, 1.165) is 23.9 Å². The van der Waals surface area contributed by atoms with Crippen LogP contribution in [-0.2, 0) is 0 Å². The quantitative estimate of drug-likeness (QED) is 0.896. The van der Waals surface area contributed by atoms with E-state index in [1.54, 1.807) is 0 Å². The standard InChI is InChI=1S/C18H29ClN2/c1-12-8-13(2)17(18(20)9-12)11-21(4)14(3)15-6-5-7-16(19)10-15/h5-7,10,12-14,17-18H,8-9,11,20H2,1-4H3. The van der Waals surface area contributed by atoms with Gasteiger partial charge >= 0.3 is 0 Å². The molecular weight excluding hydrogens is 280 g/mol. The Morgan fingerprint density at radius 1 is 1.33 bits per heavy atom. The highest BCUT2D eigenvalue weighted by Crippen LogP contribution is 2.34. The van der Waals surface area contributed by atoms with Crippen molar-refractivity contribution in [2.75, 3.05) is 13.6 Å². The zero-order valence-electron chi connectivity index (χ0n) is 13.7. The van der Waals surface area contributed by atoms with Gasteiger partial charge in [0.2, 0.25) is 0 Å². The van der Waals surface area contributed by atoms with Crippen LogP contribution in [0.15, 0.2) is 24.3 Å². The van der Waals surface area contributed by atoms with Crippen molar-refractivity contribution >= 4 is 11.6 Å². The summed E-state index contributed by atoms with van der Waals surface area (Å²) in [5, 5.41) is 0.810. The average molecular weight is 309 g/mol. The molecule has 2 nitrogen and oxygen atoms in total. The van der Waals surface area contributed by atoms with Crippen molar-refractivity contribution in [1.29, 1.82) is 0 Å². The second-order valence-corrected chi connectivity index (χ2v) is 7.49. The number of nitrogens with zero attached hydrogens (tertiary/aromatic N) is 1. The third-order valence-electron chi connectivity index (χ3n) is 5.22. The maximum Gasteiger partial charge on any atom is 0.0409 e. The van der Waals surface area contributed by atoms with Gasteiger partial charge in [-0.3, -0.25) is 4.90 Å². The molecule has 1 aliphatic carbocycles. The molecule has 5 unspecified atom stereocenters. The van der Waals surface area contributed by atoms with Crippen molar-refractivity contribution in [1.82, 2.24) is 4.90 Å². The molecule has 21 heavy (non-hydrogen) atoms. The Balaban J connectivity index is 2.01. The molecule has 1 fully saturated rings. The van der Waals surface area contributed by atoms with Crippen LogP contribution in [0.4, 0.5) is 0 Å². The van der Waals surface area contributed by atoms with Gasteiger partial charge in [0.25, 0.3) is 0 Å². The zero-order chi connectivity index (χ0) is 15.6. The highest BCUT2D eigenvalue weighted by molar-refractivity contribution is 6.30. The smallest absolute Gasteiger partial charge is 0.0409 e. The lowest BCUT2D eigenvalue weighted by atomic mass is 9.72. The summed E-state index contributed by atoms with van der Waals surface area (Å²) in [5.41, 5.74) is 7.70. The van der Waals surface area contributed by atoms with Crippen LogP contribution in [0.5, 0.6) is 0 Å². The van der Waals surface area contributed by atoms with Crippen molar-refractivity contribution in [3.8, 4) is 0 Å². The first kappa shape index (κ1) is 16.8. The lowest BCUT2D eigenvalue weighted by Crippen LogP contribution is -2.46. The molecule has 2 N–H and O–H groups in total. The molecular formula is C18H29ClN2. The van der Waals surface area contributed by atoms with Crippen molar-refractivity contribution in [2.24, 2.45) is 23.5 Å². The number of hydrogen-bond acceptors (Lipinski definition) is 2. The van der Waals surface area contributed by atoms with Gasteiger partial charge in [-0.15, -0.1) is 0 Å². The van der Waals surface area contributed by atoms with Crippen LogP contribution in [0, 0.1) is 17.8 Å². The Bertz CT molecular complexity index is 450. The van der Waals surface area contributed by atoms with E-state index < -0.39 is 0 Å². The minimum Gasteiger partial charge on any atom is -0.327 e. The van der Waals surface area contributed by atoms with E-state index in [0.29, 0.717) is 23.9 Å². The predicted octanol–water partition coefficient (Wildman–Crippen LogP) is 4.34. The van der Waals surface area contributed by atoms with Crippen LogP contribution in [-0.4, -0.2) is 24.5 Å². The molecule has 2 rings (SSSR count). The summed E-state index contributed by atoms with van der Waals surface area (Å²) in [7, 11) is 2.20. The van der Waals surface area contributed by atoms with E-state index >= 15 is 0 Å². The maximum absolute atomic E-state index is 6.42. The fourth-order valence-corrected chi connectivity index (χ4v) is 3.99. The maximum atomic E-state index is 6.42. The van der Waals surface area contributed by atoms with Gasteiger partial charge in [-0.05, 0) is 62.3 Å². The van der Waals surface area contributed by atoms with Crippen LogP contribution in [0.1, 0.15) is 45.2 Å². The molecule has 0 heterocycles. The molecule has 0 aromatic heterocycles. The van der Waals surface area contributed by atoms with Crippen molar-refractivity contribution in [3.05, 3.63) is 34.9 Å². The number of rotatable bonds is 4. The molecule has 0 radical (unpaired) electrons. The van der Waals surface area contributed by atoms with Crippen molar-refractivity contribution < 1.29 is 0 Å². The Labute approximate surface area is 134 Å². The fraction of sp³-hybridized carbons (Fsp3) is 0.667. The molecule has 1 saturated carbocycles. The molecule has 118 valence electrons. The summed E-state index contributed by atoms with van der Waals surface area (Å²) in [6.07, 6.45) is 2.46. The van der Waals surface area contributed by atoms with Gasteiger partial charge in [-0.1, -0.05) is 37.6 Å². The van der Waals surface area contributed by atoms with Crippen molar-refractivity contribution in [3.63, 3.8) is 0 Å². The van der Waals surface area contributed by atoms with E-state index in [1.165, 1.54) is 12.0 Å². The topological polar surface area (TPSA) is 29.3 Å². The summed E-state index contributed by atoms with van der Waals surface area (Å²) in [4.78, 5) is 2.42. The van der Waals surface area contributed by atoms with Crippen LogP contribution in [0.3, 0.4) is 0 Å². The summed E-state index contributed by atoms with van der Waals surface area (Å²) in [6, 6.07) is 8.87. The first-order valence-corrected chi connectivity index (χ1v) is 8.47. The van der Waals surface area contributed by atoms with Crippen molar-refractivity contribution in [2.45, 2.75) is 45.7 Å².